The number of amides is 3. The first kappa shape index (κ1) is 29.5. The molecule has 0 fully saturated rings. The highest BCUT2D eigenvalue weighted by molar-refractivity contribution is 9.10. The summed E-state index contributed by atoms with van der Waals surface area (Å²) >= 11 is 3.47. The normalized spacial score (nSPS) is 14.6. The molecule has 40 heavy (non-hydrogen) atoms. The number of hydrogen-bond donors (Lipinski definition) is 1. The van der Waals surface area contributed by atoms with Crippen LogP contribution in [0.25, 0.3) is 0 Å². The summed E-state index contributed by atoms with van der Waals surface area (Å²) in [5.74, 6) is -1.16. The monoisotopic (exact) mass is 625 g/mol. The van der Waals surface area contributed by atoms with Gasteiger partial charge in [-0.05, 0) is 55.7 Å². The number of nitrogens with zero attached hydrogens (tertiary/aromatic N) is 2. The SMILES string of the molecule is CC(C)NC(=O)C(Cc1ccccc1)N(Cc1cccc(Br)c1)C(=O)CCCN1C(=O)c2ccccc2S1(=O)=O. The van der Waals surface area contributed by atoms with Crippen LogP contribution >= 0.6 is 15.9 Å². The molecule has 0 spiro atoms. The van der Waals surface area contributed by atoms with E-state index >= 15 is 0 Å². The van der Waals surface area contributed by atoms with Gasteiger partial charge in [-0.1, -0.05) is 70.5 Å². The van der Waals surface area contributed by atoms with E-state index in [0.717, 1.165) is 19.9 Å². The van der Waals surface area contributed by atoms with E-state index in [-0.39, 0.29) is 54.2 Å². The van der Waals surface area contributed by atoms with Crippen molar-refractivity contribution in [2.24, 2.45) is 0 Å². The largest absolute Gasteiger partial charge is 0.352 e. The smallest absolute Gasteiger partial charge is 0.269 e. The molecule has 0 saturated carbocycles. The number of hydrogen-bond acceptors (Lipinski definition) is 5. The molecule has 1 unspecified atom stereocenters. The Balaban J connectivity index is 1.57. The molecule has 4 rings (SSSR count). The van der Waals surface area contributed by atoms with Crippen molar-refractivity contribution in [1.29, 1.82) is 0 Å². The fourth-order valence-corrected chi connectivity index (χ4v) is 6.79. The first-order valence-electron chi connectivity index (χ1n) is 13.1. The van der Waals surface area contributed by atoms with Crippen LogP contribution in [-0.4, -0.2) is 54.0 Å². The number of sulfonamides is 1. The molecule has 10 heteroatoms. The Bertz CT molecular complexity index is 1490. The molecule has 210 valence electrons. The minimum absolute atomic E-state index is 0.0177. The summed E-state index contributed by atoms with van der Waals surface area (Å²) in [5, 5.41) is 2.95. The van der Waals surface area contributed by atoms with E-state index in [1.54, 1.807) is 17.0 Å². The van der Waals surface area contributed by atoms with Crippen molar-refractivity contribution in [3.63, 3.8) is 0 Å². The van der Waals surface area contributed by atoms with E-state index in [4.69, 9.17) is 0 Å². The molecule has 1 aliphatic rings. The van der Waals surface area contributed by atoms with E-state index in [1.807, 2.05) is 68.4 Å². The zero-order valence-electron chi connectivity index (χ0n) is 22.4. The highest BCUT2D eigenvalue weighted by Crippen LogP contribution is 2.30. The first-order valence-corrected chi connectivity index (χ1v) is 15.4. The maximum atomic E-state index is 13.8. The maximum Gasteiger partial charge on any atom is 0.269 e. The Labute approximate surface area is 243 Å². The van der Waals surface area contributed by atoms with Crippen LogP contribution in [0, 0.1) is 0 Å². The zero-order valence-corrected chi connectivity index (χ0v) is 24.8. The third-order valence-corrected chi connectivity index (χ3v) is 8.94. The molecule has 1 atom stereocenters. The van der Waals surface area contributed by atoms with Crippen LogP contribution in [0.3, 0.4) is 0 Å². The average molecular weight is 627 g/mol. The van der Waals surface area contributed by atoms with Gasteiger partial charge in [-0.3, -0.25) is 14.4 Å². The lowest BCUT2D eigenvalue weighted by atomic mass is 10.0. The second-order valence-corrected chi connectivity index (χ2v) is 12.7. The van der Waals surface area contributed by atoms with E-state index in [9.17, 15) is 22.8 Å². The van der Waals surface area contributed by atoms with Crippen molar-refractivity contribution >= 4 is 43.7 Å². The molecule has 1 N–H and O–H groups in total. The van der Waals surface area contributed by atoms with E-state index in [2.05, 4.69) is 21.2 Å². The predicted octanol–water partition coefficient (Wildman–Crippen LogP) is 4.54. The average Bonchev–Trinajstić information content (AvgIpc) is 3.11. The molecular formula is C30H32BrN3O5S. The Morgan fingerprint density at radius 3 is 2.30 bits per heavy atom. The Hall–Kier alpha value is -3.50. The molecule has 0 aromatic heterocycles. The lowest BCUT2D eigenvalue weighted by Crippen LogP contribution is -2.51. The summed E-state index contributed by atoms with van der Waals surface area (Å²) in [7, 11) is -3.96. The van der Waals surface area contributed by atoms with Gasteiger partial charge in [0.15, 0.2) is 0 Å². The van der Waals surface area contributed by atoms with E-state index in [0.29, 0.717) is 6.42 Å². The third-order valence-electron chi connectivity index (χ3n) is 6.61. The third kappa shape index (κ3) is 6.79. The summed E-state index contributed by atoms with van der Waals surface area (Å²) in [6, 6.07) is 22.2. The fraction of sp³-hybridized carbons (Fsp3) is 0.300. The first-order chi connectivity index (χ1) is 19.1. The molecule has 3 amide bonds. The number of halogens is 1. The molecule has 3 aromatic carbocycles. The van der Waals surface area contributed by atoms with Gasteiger partial charge < -0.3 is 10.2 Å². The molecule has 0 saturated heterocycles. The summed E-state index contributed by atoms with van der Waals surface area (Å²) in [5.41, 5.74) is 1.88. The Morgan fingerprint density at radius 2 is 1.62 bits per heavy atom. The van der Waals surface area contributed by atoms with Crippen molar-refractivity contribution in [3.05, 3.63) is 100 Å². The van der Waals surface area contributed by atoms with Gasteiger partial charge in [0.05, 0.1) is 5.56 Å². The number of nitrogens with one attached hydrogen (secondary N) is 1. The number of benzene rings is 3. The van der Waals surface area contributed by atoms with Gasteiger partial charge in [-0.2, -0.15) is 0 Å². The van der Waals surface area contributed by atoms with Crippen LogP contribution in [0.2, 0.25) is 0 Å². The molecule has 1 aliphatic heterocycles. The van der Waals surface area contributed by atoms with Gasteiger partial charge in [-0.15, -0.1) is 0 Å². The minimum Gasteiger partial charge on any atom is -0.352 e. The second kappa shape index (κ2) is 12.8. The molecule has 0 aliphatic carbocycles. The fourth-order valence-electron chi connectivity index (χ4n) is 4.74. The summed E-state index contributed by atoms with van der Waals surface area (Å²) < 4.78 is 27.5. The van der Waals surface area contributed by atoms with Crippen LogP contribution < -0.4 is 5.32 Å². The lowest BCUT2D eigenvalue weighted by Gasteiger charge is -2.32. The molecule has 1 heterocycles. The lowest BCUT2D eigenvalue weighted by molar-refractivity contribution is -0.141. The van der Waals surface area contributed by atoms with Crippen LogP contribution in [0.5, 0.6) is 0 Å². The van der Waals surface area contributed by atoms with E-state index < -0.39 is 22.0 Å². The molecule has 3 aromatic rings. The standard InChI is InChI=1S/C30H32BrN3O5S/c1-21(2)32-29(36)26(19-22-10-4-3-5-11-22)33(20-23-12-8-13-24(31)18-23)28(35)16-9-17-34-30(37)25-14-6-7-15-27(25)40(34,38)39/h3-8,10-15,18,21,26H,9,16-17,19-20H2,1-2H3,(H,32,36). The quantitative estimate of drug-likeness (QED) is 0.337. The van der Waals surface area contributed by atoms with Crippen molar-refractivity contribution in [1.82, 2.24) is 14.5 Å². The minimum atomic E-state index is -3.96. The highest BCUT2D eigenvalue weighted by Gasteiger charge is 2.40. The van der Waals surface area contributed by atoms with Gasteiger partial charge in [0, 0.05) is 36.4 Å². The number of fused-ring (bicyclic) bond motifs is 1. The Morgan fingerprint density at radius 1 is 0.950 bits per heavy atom. The van der Waals surface area contributed by atoms with Gasteiger partial charge in [-0.25, -0.2) is 12.7 Å². The van der Waals surface area contributed by atoms with Crippen LogP contribution in [-0.2, 0) is 32.6 Å². The highest BCUT2D eigenvalue weighted by atomic mass is 79.9. The molecule has 0 radical (unpaired) electrons. The summed E-state index contributed by atoms with van der Waals surface area (Å²) in [6.07, 6.45) is 0.397. The summed E-state index contributed by atoms with van der Waals surface area (Å²) in [6.45, 7) is 3.79. The van der Waals surface area contributed by atoms with Gasteiger partial charge in [0.1, 0.15) is 10.9 Å². The second-order valence-electron chi connectivity index (χ2n) is 10.0. The molecule has 0 bridgehead atoms. The van der Waals surface area contributed by atoms with Crippen molar-refractivity contribution in [2.75, 3.05) is 6.54 Å². The van der Waals surface area contributed by atoms with Gasteiger partial charge >= 0.3 is 0 Å². The van der Waals surface area contributed by atoms with Crippen LogP contribution in [0.1, 0.15) is 48.2 Å². The van der Waals surface area contributed by atoms with Crippen LogP contribution in [0.4, 0.5) is 0 Å². The van der Waals surface area contributed by atoms with Crippen molar-refractivity contribution < 1.29 is 22.8 Å². The van der Waals surface area contributed by atoms with Gasteiger partial charge in [0.2, 0.25) is 11.8 Å². The number of carbonyl (C=O) groups is 3. The number of carbonyl (C=O) groups excluding carboxylic acids is 3. The predicted molar refractivity (Wildman–Crippen MR) is 156 cm³/mol. The van der Waals surface area contributed by atoms with Crippen molar-refractivity contribution in [2.45, 2.75) is 56.6 Å². The van der Waals surface area contributed by atoms with E-state index in [1.165, 1.54) is 12.1 Å². The molecule has 8 nitrogen and oxygen atoms in total. The van der Waals surface area contributed by atoms with Crippen molar-refractivity contribution in [3.8, 4) is 0 Å². The Kier molecular flexibility index (Phi) is 9.42. The summed E-state index contributed by atoms with van der Waals surface area (Å²) in [4.78, 5) is 41.6. The number of rotatable bonds is 11. The maximum absolute atomic E-state index is 13.8. The van der Waals surface area contributed by atoms with Crippen LogP contribution in [0.15, 0.2) is 88.2 Å². The zero-order chi connectivity index (χ0) is 28.9. The molecular weight excluding hydrogens is 594 g/mol. The topological polar surface area (TPSA) is 104 Å². The van der Waals surface area contributed by atoms with Gasteiger partial charge in [0.25, 0.3) is 15.9 Å².